The monoisotopic (exact) mass is 287 g/mol. The van der Waals surface area contributed by atoms with Gasteiger partial charge in [-0.25, -0.2) is 13.2 Å². The predicted octanol–water partition coefficient (Wildman–Crippen LogP) is 2.19. The second-order valence-corrected chi connectivity index (χ2v) is 3.98. The molecule has 0 aliphatic rings. The van der Waals surface area contributed by atoms with Gasteiger partial charge in [-0.1, -0.05) is 5.16 Å². The Morgan fingerprint density at radius 3 is 2.55 bits per heavy atom. The van der Waals surface area contributed by atoms with E-state index in [-0.39, 0.29) is 23.9 Å². The lowest BCUT2D eigenvalue weighted by molar-refractivity contribution is 0.130. The molecule has 0 radical (unpaired) electrons. The minimum Gasteiger partial charge on any atom is -0.380 e. The van der Waals surface area contributed by atoms with Crippen molar-refractivity contribution in [1.29, 1.82) is 0 Å². The van der Waals surface area contributed by atoms with Crippen LogP contribution in [0.4, 0.5) is 13.2 Å². The summed E-state index contributed by atoms with van der Waals surface area (Å²) in [7, 11) is 0. The molecular weight excluding hydrogens is 275 g/mol. The normalized spacial score (nSPS) is 12.7. The first-order valence-electron chi connectivity index (χ1n) is 5.84. The number of ether oxygens (including phenoxy) is 1. The summed E-state index contributed by atoms with van der Waals surface area (Å²) in [4.78, 5) is 3.91. The highest BCUT2D eigenvalue weighted by Crippen LogP contribution is 2.23. The molecular formula is C12H12F3N3O2. The summed E-state index contributed by atoms with van der Waals surface area (Å²) in [5, 5.41) is 3.60. The highest BCUT2D eigenvalue weighted by molar-refractivity contribution is 5.53. The van der Waals surface area contributed by atoms with Gasteiger partial charge in [-0.15, -0.1) is 0 Å². The molecule has 0 amide bonds. The van der Waals surface area contributed by atoms with E-state index in [2.05, 4.69) is 10.1 Å². The summed E-state index contributed by atoms with van der Waals surface area (Å²) in [5.74, 6) is -4.23. The smallest absolute Gasteiger partial charge is 0.258 e. The van der Waals surface area contributed by atoms with Crippen molar-refractivity contribution >= 4 is 0 Å². The zero-order valence-corrected chi connectivity index (χ0v) is 10.6. The number of nitrogens with two attached hydrogens (primary N) is 1. The van der Waals surface area contributed by atoms with E-state index in [0.29, 0.717) is 6.61 Å². The summed E-state index contributed by atoms with van der Waals surface area (Å²) >= 11 is 0. The maximum absolute atomic E-state index is 13.1. The molecule has 2 rings (SSSR count). The SMILES string of the molecule is CCOCC(N)c1noc(-c2cc(F)c(F)c(F)c2)n1. The molecule has 108 valence electrons. The van der Waals surface area contributed by atoms with Crippen molar-refractivity contribution in [3.63, 3.8) is 0 Å². The van der Waals surface area contributed by atoms with Crippen molar-refractivity contribution in [3.8, 4) is 11.5 Å². The lowest BCUT2D eigenvalue weighted by Crippen LogP contribution is -2.18. The molecule has 0 aliphatic heterocycles. The first kappa shape index (κ1) is 14.5. The molecule has 2 N–H and O–H groups in total. The number of halogens is 3. The lowest BCUT2D eigenvalue weighted by Gasteiger charge is -2.05. The van der Waals surface area contributed by atoms with E-state index in [0.717, 1.165) is 12.1 Å². The van der Waals surface area contributed by atoms with E-state index >= 15 is 0 Å². The van der Waals surface area contributed by atoms with Gasteiger partial charge >= 0.3 is 0 Å². The molecule has 1 aromatic heterocycles. The second kappa shape index (κ2) is 6.02. The quantitative estimate of drug-likeness (QED) is 0.853. The number of hydrogen-bond donors (Lipinski definition) is 1. The second-order valence-electron chi connectivity index (χ2n) is 3.98. The van der Waals surface area contributed by atoms with E-state index in [1.807, 2.05) is 0 Å². The fraction of sp³-hybridized carbons (Fsp3) is 0.333. The minimum absolute atomic E-state index is 0.0660. The van der Waals surface area contributed by atoms with E-state index in [9.17, 15) is 13.2 Å². The Balaban J connectivity index is 2.24. The molecule has 0 bridgehead atoms. The molecule has 1 aromatic carbocycles. The maximum atomic E-state index is 13.1. The van der Waals surface area contributed by atoms with Gasteiger partial charge in [0.2, 0.25) is 0 Å². The molecule has 8 heteroatoms. The van der Waals surface area contributed by atoms with Crippen molar-refractivity contribution < 1.29 is 22.4 Å². The molecule has 0 fully saturated rings. The average Bonchev–Trinajstić information content (AvgIpc) is 2.91. The van der Waals surface area contributed by atoms with Crippen LogP contribution in [0.25, 0.3) is 11.5 Å². The third kappa shape index (κ3) is 2.97. The van der Waals surface area contributed by atoms with Gasteiger partial charge in [-0.2, -0.15) is 4.98 Å². The third-order valence-electron chi connectivity index (χ3n) is 2.51. The van der Waals surface area contributed by atoms with Crippen molar-refractivity contribution in [2.45, 2.75) is 13.0 Å². The average molecular weight is 287 g/mol. The molecule has 2 aromatic rings. The van der Waals surface area contributed by atoms with E-state index in [1.54, 1.807) is 6.92 Å². The summed E-state index contributed by atoms with van der Waals surface area (Å²) in [5.41, 5.74) is 5.67. The van der Waals surface area contributed by atoms with Crippen LogP contribution >= 0.6 is 0 Å². The van der Waals surface area contributed by atoms with Crippen LogP contribution in [0.3, 0.4) is 0 Å². The molecule has 1 heterocycles. The van der Waals surface area contributed by atoms with Gasteiger partial charge in [0.25, 0.3) is 5.89 Å². The Morgan fingerprint density at radius 2 is 1.95 bits per heavy atom. The molecule has 20 heavy (non-hydrogen) atoms. The Kier molecular flexibility index (Phi) is 4.35. The number of hydrogen-bond acceptors (Lipinski definition) is 5. The fourth-order valence-electron chi connectivity index (χ4n) is 1.50. The first-order valence-corrected chi connectivity index (χ1v) is 5.84. The van der Waals surface area contributed by atoms with Crippen molar-refractivity contribution in [2.75, 3.05) is 13.2 Å². The highest BCUT2D eigenvalue weighted by Gasteiger charge is 2.18. The van der Waals surface area contributed by atoms with Gasteiger partial charge in [0.1, 0.15) is 0 Å². The maximum Gasteiger partial charge on any atom is 0.258 e. The molecule has 1 unspecified atom stereocenters. The Morgan fingerprint density at radius 1 is 1.30 bits per heavy atom. The molecule has 0 spiro atoms. The lowest BCUT2D eigenvalue weighted by atomic mass is 10.2. The first-order chi connectivity index (χ1) is 9.52. The van der Waals surface area contributed by atoms with Gasteiger partial charge in [-0.05, 0) is 19.1 Å². The van der Waals surface area contributed by atoms with E-state index in [1.165, 1.54) is 0 Å². The van der Waals surface area contributed by atoms with Crippen LogP contribution in [0.5, 0.6) is 0 Å². The van der Waals surface area contributed by atoms with Crippen molar-refractivity contribution in [1.82, 2.24) is 10.1 Å². The summed E-state index contributed by atoms with van der Waals surface area (Å²) in [6, 6.07) is 0.913. The van der Waals surface area contributed by atoms with Gasteiger partial charge in [0, 0.05) is 12.2 Å². The topological polar surface area (TPSA) is 74.2 Å². The zero-order valence-electron chi connectivity index (χ0n) is 10.6. The van der Waals surface area contributed by atoms with Crippen LogP contribution in [-0.2, 0) is 4.74 Å². The van der Waals surface area contributed by atoms with Crippen molar-refractivity contribution in [2.24, 2.45) is 5.73 Å². The van der Waals surface area contributed by atoms with Gasteiger partial charge in [0.05, 0.1) is 12.6 Å². The Labute approximate surface area is 112 Å². The largest absolute Gasteiger partial charge is 0.380 e. The van der Waals surface area contributed by atoms with Gasteiger partial charge in [0.15, 0.2) is 23.3 Å². The van der Waals surface area contributed by atoms with Crippen LogP contribution in [0, 0.1) is 17.5 Å². The summed E-state index contributed by atoms with van der Waals surface area (Å²) < 4.78 is 49.0. The molecule has 5 nitrogen and oxygen atoms in total. The zero-order chi connectivity index (χ0) is 14.7. The van der Waals surface area contributed by atoms with Crippen LogP contribution < -0.4 is 5.73 Å². The van der Waals surface area contributed by atoms with Gasteiger partial charge in [-0.3, -0.25) is 0 Å². The van der Waals surface area contributed by atoms with E-state index in [4.69, 9.17) is 15.0 Å². The number of nitrogens with zero attached hydrogens (tertiary/aromatic N) is 2. The standard InChI is InChI=1S/C12H12F3N3O2/c1-2-19-5-9(16)11-17-12(20-18-11)6-3-7(13)10(15)8(14)4-6/h3-4,9H,2,5,16H2,1H3. The number of benzene rings is 1. The summed E-state index contributed by atoms with van der Waals surface area (Å²) in [6.07, 6.45) is 0. The summed E-state index contributed by atoms with van der Waals surface area (Å²) in [6.45, 7) is 2.47. The van der Waals surface area contributed by atoms with Gasteiger partial charge < -0.3 is 15.0 Å². The van der Waals surface area contributed by atoms with Crippen LogP contribution in [0.15, 0.2) is 16.7 Å². The molecule has 1 atom stereocenters. The number of rotatable bonds is 5. The molecule has 0 saturated carbocycles. The fourth-order valence-corrected chi connectivity index (χ4v) is 1.50. The third-order valence-corrected chi connectivity index (χ3v) is 2.51. The molecule has 0 saturated heterocycles. The van der Waals surface area contributed by atoms with Crippen molar-refractivity contribution in [3.05, 3.63) is 35.4 Å². The van der Waals surface area contributed by atoms with Crippen LogP contribution in [0.2, 0.25) is 0 Å². The Bertz CT molecular complexity index is 580. The van der Waals surface area contributed by atoms with Crippen LogP contribution in [0.1, 0.15) is 18.8 Å². The highest BCUT2D eigenvalue weighted by atomic mass is 19.2. The Hall–Kier alpha value is -1.93. The van der Waals surface area contributed by atoms with Crippen LogP contribution in [-0.4, -0.2) is 23.4 Å². The van der Waals surface area contributed by atoms with E-state index < -0.39 is 23.5 Å². The number of aromatic nitrogens is 2. The predicted molar refractivity (Wildman–Crippen MR) is 63.0 cm³/mol. The minimum atomic E-state index is -1.55. The molecule has 0 aliphatic carbocycles.